The second-order valence-electron chi connectivity index (χ2n) is 4.10. The molecule has 1 rings (SSSR count). The van der Waals surface area contributed by atoms with Gasteiger partial charge in [0.1, 0.15) is 0 Å². The third kappa shape index (κ3) is 4.11. The number of carboxylic acids is 1. The van der Waals surface area contributed by atoms with Crippen molar-refractivity contribution in [3.63, 3.8) is 0 Å². The van der Waals surface area contributed by atoms with E-state index < -0.39 is 16.0 Å². The van der Waals surface area contributed by atoms with E-state index in [4.69, 9.17) is 5.11 Å². The number of carbonyl (C=O) groups is 1. The van der Waals surface area contributed by atoms with Crippen LogP contribution in [0, 0.1) is 5.92 Å². The van der Waals surface area contributed by atoms with Crippen molar-refractivity contribution in [3.8, 4) is 0 Å². The van der Waals surface area contributed by atoms with Gasteiger partial charge in [-0.25, -0.2) is 18.1 Å². The number of aliphatic carboxylic acids is 1. The molecule has 0 aliphatic rings. The van der Waals surface area contributed by atoms with Crippen LogP contribution >= 0.6 is 0 Å². The van der Waals surface area contributed by atoms with Crippen molar-refractivity contribution in [2.24, 2.45) is 13.0 Å². The summed E-state index contributed by atoms with van der Waals surface area (Å²) >= 11 is 0. The molecule has 1 aromatic heterocycles. The molecule has 0 amide bonds. The first-order valence-electron chi connectivity index (χ1n) is 5.54. The SMILES string of the molecule is CCC(CNS(=O)(=O)c1cn(C)cn1)CC(=O)O. The Balaban J connectivity index is 2.64. The molecule has 18 heavy (non-hydrogen) atoms. The summed E-state index contributed by atoms with van der Waals surface area (Å²) in [4.78, 5) is 14.3. The van der Waals surface area contributed by atoms with Crippen LogP contribution in [0.1, 0.15) is 19.8 Å². The Labute approximate surface area is 106 Å². The lowest BCUT2D eigenvalue weighted by Gasteiger charge is -2.12. The van der Waals surface area contributed by atoms with Gasteiger partial charge in [-0.05, 0) is 5.92 Å². The van der Waals surface area contributed by atoms with E-state index in [1.807, 2.05) is 6.92 Å². The van der Waals surface area contributed by atoms with E-state index in [9.17, 15) is 13.2 Å². The van der Waals surface area contributed by atoms with E-state index in [2.05, 4.69) is 9.71 Å². The molecule has 2 N–H and O–H groups in total. The van der Waals surface area contributed by atoms with Gasteiger partial charge in [0, 0.05) is 26.2 Å². The summed E-state index contributed by atoms with van der Waals surface area (Å²) in [7, 11) is -1.98. The molecular formula is C10H17N3O4S. The Morgan fingerprint density at radius 2 is 2.28 bits per heavy atom. The summed E-state index contributed by atoms with van der Waals surface area (Å²) in [5.41, 5.74) is 0. The Kier molecular flexibility index (Phi) is 4.85. The van der Waals surface area contributed by atoms with Crippen molar-refractivity contribution in [3.05, 3.63) is 12.5 Å². The lowest BCUT2D eigenvalue weighted by molar-refractivity contribution is -0.138. The predicted octanol–water partition coefficient (Wildman–Crippen LogP) is 0.199. The molecule has 0 spiro atoms. The average Bonchev–Trinajstić information content (AvgIpc) is 2.71. The Morgan fingerprint density at radius 1 is 1.61 bits per heavy atom. The molecule has 0 aliphatic heterocycles. The van der Waals surface area contributed by atoms with Crippen LogP contribution in [-0.4, -0.2) is 35.6 Å². The number of hydrogen-bond acceptors (Lipinski definition) is 4. The number of sulfonamides is 1. The maximum absolute atomic E-state index is 11.8. The van der Waals surface area contributed by atoms with Gasteiger partial charge in [-0.3, -0.25) is 4.79 Å². The third-order valence-electron chi connectivity index (χ3n) is 2.56. The van der Waals surface area contributed by atoms with Crippen LogP contribution in [0.5, 0.6) is 0 Å². The van der Waals surface area contributed by atoms with Crippen molar-refractivity contribution in [1.29, 1.82) is 0 Å². The van der Waals surface area contributed by atoms with Crippen LogP contribution in [-0.2, 0) is 21.9 Å². The molecule has 0 radical (unpaired) electrons. The molecule has 0 fully saturated rings. The topological polar surface area (TPSA) is 101 Å². The van der Waals surface area contributed by atoms with Gasteiger partial charge in [0.15, 0.2) is 5.03 Å². The van der Waals surface area contributed by atoms with Crippen LogP contribution in [0.15, 0.2) is 17.6 Å². The van der Waals surface area contributed by atoms with Crippen LogP contribution in [0.25, 0.3) is 0 Å². The van der Waals surface area contributed by atoms with Gasteiger partial charge in [0.25, 0.3) is 10.0 Å². The first-order valence-corrected chi connectivity index (χ1v) is 7.03. The molecule has 8 heteroatoms. The Morgan fingerprint density at radius 3 is 2.72 bits per heavy atom. The van der Waals surface area contributed by atoms with Crippen molar-refractivity contribution < 1.29 is 18.3 Å². The highest BCUT2D eigenvalue weighted by Gasteiger charge is 2.19. The van der Waals surface area contributed by atoms with Gasteiger partial charge < -0.3 is 9.67 Å². The zero-order valence-corrected chi connectivity index (χ0v) is 11.1. The van der Waals surface area contributed by atoms with Crippen molar-refractivity contribution in [1.82, 2.24) is 14.3 Å². The summed E-state index contributed by atoms with van der Waals surface area (Å²) < 4.78 is 27.5. The smallest absolute Gasteiger partial charge is 0.303 e. The monoisotopic (exact) mass is 275 g/mol. The van der Waals surface area contributed by atoms with Gasteiger partial charge in [-0.15, -0.1) is 0 Å². The molecule has 7 nitrogen and oxygen atoms in total. The molecular weight excluding hydrogens is 258 g/mol. The summed E-state index contributed by atoms with van der Waals surface area (Å²) in [6.07, 6.45) is 3.32. The number of carboxylic acid groups (broad SMARTS) is 1. The highest BCUT2D eigenvalue weighted by Crippen LogP contribution is 2.09. The lowest BCUT2D eigenvalue weighted by Crippen LogP contribution is -2.30. The minimum absolute atomic E-state index is 0.0543. The molecule has 1 aromatic rings. The quantitative estimate of drug-likeness (QED) is 0.740. The van der Waals surface area contributed by atoms with Crippen molar-refractivity contribution in [2.45, 2.75) is 24.8 Å². The molecule has 1 unspecified atom stereocenters. The summed E-state index contributed by atoms with van der Waals surface area (Å²) in [5, 5.41) is 8.61. The number of nitrogens with zero attached hydrogens (tertiary/aromatic N) is 2. The van der Waals surface area contributed by atoms with Gasteiger partial charge in [-0.2, -0.15) is 0 Å². The molecule has 102 valence electrons. The standard InChI is InChI=1S/C10H17N3O4S/c1-3-8(4-10(14)15)5-12-18(16,17)9-6-13(2)7-11-9/h6-8,12H,3-5H2,1-2H3,(H,14,15). The summed E-state index contributed by atoms with van der Waals surface area (Å²) in [5.74, 6) is -1.15. The van der Waals surface area contributed by atoms with Gasteiger partial charge in [0.2, 0.25) is 0 Å². The zero-order chi connectivity index (χ0) is 13.8. The molecule has 0 saturated heterocycles. The van der Waals surface area contributed by atoms with E-state index in [-0.39, 0.29) is 23.9 Å². The van der Waals surface area contributed by atoms with E-state index in [1.165, 1.54) is 17.1 Å². The summed E-state index contributed by atoms with van der Waals surface area (Å²) in [6, 6.07) is 0. The molecule has 0 aliphatic carbocycles. The van der Waals surface area contributed by atoms with E-state index in [0.29, 0.717) is 6.42 Å². The molecule has 1 heterocycles. The highest BCUT2D eigenvalue weighted by molar-refractivity contribution is 7.89. The van der Waals surface area contributed by atoms with E-state index in [0.717, 1.165) is 0 Å². The fourth-order valence-electron chi connectivity index (χ4n) is 1.44. The minimum atomic E-state index is -3.66. The predicted molar refractivity (Wildman–Crippen MR) is 64.4 cm³/mol. The second kappa shape index (κ2) is 5.96. The van der Waals surface area contributed by atoms with Crippen LogP contribution in [0.2, 0.25) is 0 Å². The van der Waals surface area contributed by atoms with E-state index in [1.54, 1.807) is 7.05 Å². The number of aromatic nitrogens is 2. The number of hydrogen-bond donors (Lipinski definition) is 2. The summed E-state index contributed by atoms with van der Waals surface area (Å²) in [6.45, 7) is 1.92. The molecule has 0 saturated carbocycles. The maximum atomic E-state index is 11.8. The highest BCUT2D eigenvalue weighted by atomic mass is 32.2. The van der Waals surface area contributed by atoms with Crippen LogP contribution < -0.4 is 4.72 Å². The zero-order valence-electron chi connectivity index (χ0n) is 10.3. The Hall–Kier alpha value is -1.41. The van der Waals surface area contributed by atoms with Crippen LogP contribution in [0.4, 0.5) is 0 Å². The first-order chi connectivity index (χ1) is 8.35. The van der Waals surface area contributed by atoms with Crippen molar-refractivity contribution >= 4 is 16.0 Å². The van der Waals surface area contributed by atoms with Crippen LogP contribution in [0.3, 0.4) is 0 Å². The molecule has 0 aromatic carbocycles. The Bertz CT molecular complexity index is 509. The average molecular weight is 275 g/mol. The number of rotatable bonds is 7. The molecule has 0 bridgehead atoms. The maximum Gasteiger partial charge on any atom is 0.303 e. The fourth-order valence-corrected chi connectivity index (χ4v) is 2.53. The second-order valence-corrected chi connectivity index (χ2v) is 5.82. The number of nitrogens with one attached hydrogen (secondary N) is 1. The number of imidazole rings is 1. The molecule has 1 atom stereocenters. The minimum Gasteiger partial charge on any atom is -0.481 e. The fraction of sp³-hybridized carbons (Fsp3) is 0.600. The van der Waals surface area contributed by atoms with E-state index >= 15 is 0 Å². The number of aryl methyl sites for hydroxylation is 1. The largest absolute Gasteiger partial charge is 0.481 e. The third-order valence-corrected chi connectivity index (χ3v) is 3.87. The van der Waals surface area contributed by atoms with Gasteiger partial charge in [0.05, 0.1) is 6.33 Å². The van der Waals surface area contributed by atoms with Crippen molar-refractivity contribution in [2.75, 3.05) is 6.54 Å². The lowest BCUT2D eigenvalue weighted by atomic mass is 10.0. The van der Waals surface area contributed by atoms with Gasteiger partial charge >= 0.3 is 5.97 Å². The first kappa shape index (κ1) is 14.7. The van der Waals surface area contributed by atoms with Gasteiger partial charge in [-0.1, -0.05) is 13.3 Å². The normalized spacial score (nSPS) is 13.4.